The number of halogens is 2. The van der Waals surface area contributed by atoms with Gasteiger partial charge in [-0.1, -0.05) is 40.4 Å². The van der Waals surface area contributed by atoms with E-state index in [4.69, 9.17) is 32.8 Å². The van der Waals surface area contributed by atoms with Crippen molar-refractivity contribution in [1.82, 2.24) is 5.06 Å². The zero-order chi connectivity index (χ0) is 18.0. The van der Waals surface area contributed by atoms with Crippen molar-refractivity contribution in [2.24, 2.45) is 0 Å². The van der Waals surface area contributed by atoms with Crippen molar-refractivity contribution in [3.8, 4) is 5.75 Å². The van der Waals surface area contributed by atoms with Crippen LogP contribution in [0.25, 0.3) is 0 Å². The lowest BCUT2D eigenvalue weighted by Gasteiger charge is -2.13. The number of ether oxygens (including phenoxy) is 1. The summed E-state index contributed by atoms with van der Waals surface area (Å²) >= 11 is 11.7. The maximum absolute atomic E-state index is 12.1. The Kier molecular flexibility index (Phi) is 4.92. The molecule has 0 fully saturated rings. The maximum Gasteiger partial charge on any atom is 0.336 e. The summed E-state index contributed by atoms with van der Waals surface area (Å²) in [6.45, 7) is -0.0383. The van der Waals surface area contributed by atoms with Gasteiger partial charge >= 0.3 is 5.97 Å². The molecule has 2 aromatic rings. The summed E-state index contributed by atoms with van der Waals surface area (Å²) < 4.78 is 5.36. The molecule has 0 spiro atoms. The van der Waals surface area contributed by atoms with Crippen molar-refractivity contribution in [3.05, 3.63) is 63.6 Å². The minimum Gasteiger partial charge on any atom is -0.491 e. The van der Waals surface area contributed by atoms with Gasteiger partial charge in [0.15, 0.2) is 0 Å². The number of hydrogen-bond donors (Lipinski definition) is 0. The molecule has 0 unspecified atom stereocenters. The normalized spacial score (nSPS) is 13.0. The molecule has 2 amide bonds. The van der Waals surface area contributed by atoms with E-state index in [9.17, 15) is 14.4 Å². The van der Waals surface area contributed by atoms with E-state index in [2.05, 4.69) is 0 Å². The smallest absolute Gasteiger partial charge is 0.336 e. The lowest BCUT2D eigenvalue weighted by atomic mass is 10.1. The Balaban J connectivity index is 1.55. The predicted octanol–water partition coefficient (Wildman–Crippen LogP) is 3.52. The average Bonchev–Trinajstić information content (AvgIpc) is 2.82. The van der Waals surface area contributed by atoms with Crippen LogP contribution >= 0.6 is 23.2 Å². The zero-order valence-electron chi connectivity index (χ0n) is 12.7. The van der Waals surface area contributed by atoms with E-state index < -0.39 is 17.8 Å². The number of rotatable bonds is 5. The molecular formula is C17H11Cl2NO5. The molecule has 0 N–H and O–H groups in total. The largest absolute Gasteiger partial charge is 0.491 e. The van der Waals surface area contributed by atoms with Crippen LogP contribution in [0.1, 0.15) is 27.1 Å². The molecule has 0 bridgehead atoms. The zero-order valence-corrected chi connectivity index (χ0v) is 14.2. The van der Waals surface area contributed by atoms with Crippen molar-refractivity contribution in [1.29, 1.82) is 0 Å². The van der Waals surface area contributed by atoms with Crippen molar-refractivity contribution < 1.29 is 24.0 Å². The van der Waals surface area contributed by atoms with Crippen LogP contribution in [0.15, 0.2) is 42.5 Å². The van der Waals surface area contributed by atoms with Crippen LogP contribution in [0.2, 0.25) is 10.0 Å². The Labute approximate surface area is 152 Å². The molecule has 1 aliphatic rings. The Bertz CT molecular complexity index is 833. The summed E-state index contributed by atoms with van der Waals surface area (Å²) in [7, 11) is 0. The Morgan fingerprint density at radius 1 is 1.00 bits per heavy atom. The Hall–Kier alpha value is -2.57. The third kappa shape index (κ3) is 3.60. The molecule has 0 aliphatic carbocycles. The van der Waals surface area contributed by atoms with Gasteiger partial charge in [0.25, 0.3) is 11.8 Å². The van der Waals surface area contributed by atoms with Gasteiger partial charge in [0.1, 0.15) is 5.75 Å². The maximum atomic E-state index is 12.1. The molecule has 0 aromatic heterocycles. The molecule has 0 saturated carbocycles. The molecule has 3 rings (SSSR count). The van der Waals surface area contributed by atoms with Crippen LogP contribution in [-0.2, 0) is 9.63 Å². The minimum atomic E-state index is -0.778. The monoisotopic (exact) mass is 379 g/mol. The van der Waals surface area contributed by atoms with Crippen molar-refractivity contribution in [2.45, 2.75) is 6.42 Å². The fraction of sp³-hybridized carbons (Fsp3) is 0.118. The van der Waals surface area contributed by atoms with Crippen LogP contribution in [0, 0.1) is 0 Å². The molecule has 1 heterocycles. The van der Waals surface area contributed by atoms with E-state index in [0.29, 0.717) is 20.9 Å². The molecule has 8 heteroatoms. The minimum absolute atomic E-state index is 0.0383. The van der Waals surface area contributed by atoms with Crippen LogP contribution in [0.4, 0.5) is 0 Å². The molecule has 128 valence electrons. The second-order valence-corrected chi connectivity index (χ2v) is 5.93. The number of imide groups is 1. The summed E-state index contributed by atoms with van der Waals surface area (Å²) in [5.74, 6) is -1.76. The number of nitrogens with zero attached hydrogens (tertiary/aromatic N) is 1. The highest BCUT2D eigenvalue weighted by molar-refractivity contribution is 6.35. The SMILES string of the molecule is O=C(CCOc1ccc(Cl)cc1Cl)ON1C(=O)c2ccccc2C1=O. The topological polar surface area (TPSA) is 72.9 Å². The van der Waals surface area contributed by atoms with Gasteiger partial charge in [-0.25, -0.2) is 4.79 Å². The average molecular weight is 380 g/mol. The van der Waals surface area contributed by atoms with Crippen molar-refractivity contribution in [2.75, 3.05) is 6.61 Å². The number of hydroxylamine groups is 2. The van der Waals surface area contributed by atoms with E-state index in [1.54, 1.807) is 24.3 Å². The second-order valence-electron chi connectivity index (χ2n) is 5.09. The van der Waals surface area contributed by atoms with Crippen LogP contribution in [0.5, 0.6) is 5.75 Å². The standard InChI is InChI=1S/C17H11Cl2NO5/c18-10-5-6-14(13(19)9-10)24-8-7-15(21)25-20-16(22)11-3-1-2-4-12(11)17(20)23/h1-6,9H,7-8H2. The van der Waals surface area contributed by atoms with Crippen molar-refractivity contribution >= 4 is 41.0 Å². The predicted molar refractivity (Wildman–Crippen MR) is 89.6 cm³/mol. The van der Waals surface area contributed by atoms with E-state index >= 15 is 0 Å². The first-order chi connectivity index (χ1) is 12.0. The fourth-order valence-corrected chi connectivity index (χ4v) is 2.70. The summed E-state index contributed by atoms with van der Waals surface area (Å²) in [5, 5.41) is 1.23. The lowest BCUT2D eigenvalue weighted by Crippen LogP contribution is -2.33. The van der Waals surface area contributed by atoms with E-state index in [0.717, 1.165) is 0 Å². The van der Waals surface area contributed by atoms with Crippen LogP contribution in [-0.4, -0.2) is 29.5 Å². The number of fused-ring (bicyclic) bond motifs is 1. The van der Waals surface area contributed by atoms with Gasteiger partial charge in [0, 0.05) is 5.02 Å². The van der Waals surface area contributed by atoms with Gasteiger partial charge in [0.2, 0.25) is 0 Å². The highest BCUT2D eigenvalue weighted by Crippen LogP contribution is 2.27. The first kappa shape index (κ1) is 17.3. The highest BCUT2D eigenvalue weighted by atomic mass is 35.5. The lowest BCUT2D eigenvalue weighted by molar-refractivity contribution is -0.169. The number of benzene rings is 2. The van der Waals surface area contributed by atoms with Crippen LogP contribution in [0.3, 0.4) is 0 Å². The molecule has 0 atom stereocenters. The third-order valence-corrected chi connectivity index (χ3v) is 3.94. The number of carbonyl (C=O) groups is 3. The van der Waals surface area contributed by atoms with Gasteiger partial charge in [-0.2, -0.15) is 0 Å². The molecule has 2 aromatic carbocycles. The first-order valence-electron chi connectivity index (χ1n) is 7.24. The number of carbonyl (C=O) groups excluding carboxylic acids is 3. The van der Waals surface area contributed by atoms with Crippen LogP contribution < -0.4 is 4.74 Å². The van der Waals surface area contributed by atoms with Gasteiger partial charge in [0.05, 0.1) is 29.2 Å². The van der Waals surface area contributed by atoms with E-state index in [1.165, 1.54) is 18.2 Å². The molecule has 0 saturated heterocycles. The van der Waals surface area contributed by atoms with Gasteiger partial charge in [-0.05, 0) is 30.3 Å². The summed E-state index contributed by atoms with van der Waals surface area (Å²) in [5.41, 5.74) is 0.397. The molecular weight excluding hydrogens is 369 g/mol. The fourth-order valence-electron chi connectivity index (χ4n) is 2.23. The third-order valence-electron chi connectivity index (χ3n) is 3.41. The second kappa shape index (κ2) is 7.13. The molecule has 6 nitrogen and oxygen atoms in total. The summed E-state index contributed by atoms with van der Waals surface area (Å²) in [6, 6.07) is 10.9. The number of hydrogen-bond acceptors (Lipinski definition) is 5. The Morgan fingerprint density at radius 2 is 1.64 bits per heavy atom. The summed E-state index contributed by atoms with van der Waals surface area (Å²) in [4.78, 5) is 40.9. The van der Waals surface area contributed by atoms with Crippen molar-refractivity contribution in [3.63, 3.8) is 0 Å². The quantitative estimate of drug-likeness (QED) is 0.743. The van der Waals surface area contributed by atoms with E-state index in [-0.39, 0.29) is 24.2 Å². The van der Waals surface area contributed by atoms with Gasteiger partial charge in [-0.3, -0.25) is 9.59 Å². The number of amides is 2. The summed E-state index contributed by atoms with van der Waals surface area (Å²) in [6.07, 6.45) is -0.174. The molecule has 25 heavy (non-hydrogen) atoms. The molecule has 1 aliphatic heterocycles. The Morgan fingerprint density at radius 3 is 2.24 bits per heavy atom. The molecule has 0 radical (unpaired) electrons. The van der Waals surface area contributed by atoms with Gasteiger partial charge in [-0.15, -0.1) is 0 Å². The van der Waals surface area contributed by atoms with E-state index in [1.807, 2.05) is 0 Å². The highest BCUT2D eigenvalue weighted by Gasteiger charge is 2.38. The van der Waals surface area contributed by atoms with Gasteiger partial charge < -0.3 is 9.57 Å². The first-order valence-corrected chi connectivity index (χ1v) is 7.99.